The lowest BCUT2D eigenvalue weighted by Crippen LogP contribution is -2.47. The molecule has 0 aromatic carbocycles. The van der Waals surface area contributed by atoms with E-state index in [0.29, 0.717) is 25.7 Å². The lowest BCUT2D eigenvalue weighted by molar-refractivity contribution is -0.128. The summed E-state index contributed by atoms with van der Waals surface area (Å²) in [5.41, 5.74) is -0.489. The van der Waals surface area contributed by atoms with Crippen molar-refractivity contribution in [3.8, 4) is 0 Å². The lowest BCUT2D eigenvalue weighted by Gasteiger charge is -2.24. The molecule has 1 atom stereocenters. The molecule has 1 heterocycles. The van der Waals surface area contributed by atoms with E-state index < -0.39 is 5.41 Å². The number of carbonyl (C=O) groups is 1. The molecule has 0 spiro atoms. The Morgan fingerprint density at radius 3 is 2.71 bits per heavy atom. The smallest absolute Gasteiger partial charge is 0.227 e. The molecule has 0 aliphatic carbocycles. The first-order valence-electron chi connectivity index (χ1n) is 8.35. The van der Waals surface area contributed by atoms with E-state index in [0.717, 1.165) is 32.4 Å². The summed E-state index contributed by atoms with van der Waals surface area (Å²) in [6, 6.07) is 0. The van der Waals surface area contributed by atoms with Crippen LogP contribution in [0.5, 0.6) is 0 Å². The fraction of sp³-hybridized carbons (Fsp3) is 0.875. The van der Waals surface area contributed by atoms with E-state index in [1.165, 1.54) is 0 Å². The molecular weight excluding hydrogens is 423 g/mol. The predicted molar refractivity (Wildman–Crippen MR) is 107 cm³/mol. The molecule has 8 heteroatoms. The van der Waals surface area contributed by atoms with Gasteiger partial charge >= 0.3 is 0 Å². The zero-order valence-electron chi connectivity index (χ0n) is 15.3. The molecule has 1 rings (SSSR count). The molecule has 1 amide bonds. The number of amides is 1. The second-order valence-corrected chi connectivity index (χ2v) is 6.38. The molecule has 7 nitrogen and oxygen atoms in total. The molecule has 24 heavy (non-hydrogen) atoms. The van der Waals surface area contributed by atoms with Crippen molar-refractivity contribution in [2.24, 2.45) is 10.4 Å². The van der Waals surface area contributed by atoms with Crippen molar-refractivity contribution >= 4 is 35.8 Å². The SMILES string of the molecule is CN=C(NCCCOCC1CCCO1)NCC(C)(C)C(=O)NC.I. The Hall–Kier alpha value is -0.610. The predicted octanol–water partition coefficient (Wildman–Crippen LogP) is 1.13. The molecule has 3 N–H and O–H groups in total. The minimum absolute atomic E-state index is 0. The highest BCUT2D eigenvalue weighted by Crippen LogP contribution is 2.13. The van der Waals surface area contributed by atoms with Crippen LogP contribution in [-0.4, -0.2) is 65.0 Å². The number of guanidine groups is 1. The normalized spacial score (nSPS) is 18.0. The average molecular weight is 456 g/mol. The van der Waals surface area contributed by atoms with Gasteiger partial charge in [-0.05, 0) is 33.1 Å². The second-order valence-electron chi connectivity index (χ2n) is 6.38. The third kappa shape index (κ3) is 9.03. The summed E-state index contributed by atoms with van der Waals surface area (Å²) in [6.07, 6.45) is 3.43. The molecule has 0 aromatic rings. The number of carbonyl (C=O) groups excluding carboxylic acids is 1. The Morgan fingerprint density at radius 1 is 1.38 bits per heavy atom. The fourth-order valence-corrected chi connectivity index (χ4v) is 2.32. The van der Waals surface area contributed by atoms with Gasteiger partial charge in [-0.1, -0.05) is 0 Å². The topological polar surface area (TPSA) is 84.0 Å². The van der Waals surface area contributed by atoms with Gasteiger partial charge in [0.15, 0.2) is 5.96 Å². The van der Waals surface area contributed by atoms with Gasteiger partial charge in [-0.15, -0.1) is 24.0 Å². The highest BCUT2D eigenvalue weighted by molar-refractivity contribution is 14.0. The van der Waals surface area contributed by atoms with E-state index in [9.17, 15) is 4.79 Å². The van der Waals surface area contributed by atoms with Crippen molar-refractivity contribution in [3.63, 3.8) is 0 Å². The number of nitrogens with zero attached hydrogens (tertiary/aromatic N) is 1. The molecule has 1 unspecified atom stereocenters. The first-order chi connectivity index (χ1) is 11.0. The number of nitrogens with one attached hydrogen (secondary N) is 3. The molecular formula is C16H33IN4O3. The first kappa shape index (κ1) is 23.4. The maximum absolute atomic E-state index is 11.7. The van der Waals surface area contributed by atoms with E-state index in [-0.39, 0.29) is 36.0 Å². The van der Waals surface area contributed by atoms with Gasteiger partial charge in [0.05, 0.1) is 18.1 Å². The van der Waals surface area contributed by atoms with Crippen LogP contribution in [0.15, 0.2) is 4.99 Å². The zero-order valence-corrected chi connectivity index (χ0v) is 17.6. The molecule has 1 fully saturated rings. The second kappa shape index (κ2) is 12.7. The summed E-state index contributed by atoms with van der Waals surface area (Å²) in [5.74, 6) is 0.698. The minimum Gasteiger partial charge on any atom is -0.379 e. The van der Waals surface area contributed by atoms with Crippen LogP contribution in [0.25, 0.3) is 0 Å². The summed E-state index contributed by atoms with van der Waals surface area (Å²) in [5, 5.41) is 9.07. The third-order valence-corrected chi connectivity index (χ3v) is 3.85. The van der Waals surface area contributed by atoms with E-state index in [1.54, 1.807) is 14.1 Å². The Bertz CT molecular complexity index is 386. The Balaban J connectivity index is 0.00000529. The van der Waals surface area contributed by atoms with Crippen molar-refractivity contribution in [2.75, 3.05) is 47.0 Å². The van der Waals surface area contributed by atoms with Gasteiger partial charge in [0.1, 0.15) is 0 Å². The largest absolute Gasteiger partial charge is 0.379 e. The van der Waals surface area contributed by atoms with Crippen LogP contribution < -0.4 is 16.0 Å². The van der Waals surface area contributed by atoms with Gasteiger partial charge < -0.3 is 25.4 Å². The molecule has 0 saturated carbocycles. The number of hydrogen-bond donors (Lipinski definition) is 3. The molecule has 1 aliphatic heterocycles. The standard InChI is InChI=1S/C16H32N4O3.HI/c1-16(2,14(21)17-3)12-20-15(18-4)19-8-6-9-22-11-13-7-5-10-23-13;/h13H,5-12H2,1-4H3,(H,17,21)(H2,18,19,20);1H. The summed E-state index contributed by atoms with van der Waals surface area (Å²) >= 11 is 0. The van der Waals surface area contributed by atoms with E-state index in [1.807, 2.05) is 13.8 Å². The highest BCUT2D eigenvalue weighted by Gasteiger charge is 2.26. The van der Waals surface area contributed by atoms with E-state index in [2.05, 4.69) is 20.9 Å². The van der Waals surface area contributed by atoms with Crippen LogP contribution in [-0.2, 0) is 14.3 Å². The van der Waals surface area contributed by atoms with E-state index in [4.69, 9.17) is 9.47 Å². The first-order valence-corrected chi connectivity index (χ1v) is 8.35. The van der Waals surface area contributed by atoms with Crippen molar-refractivity contribution in [1.82, 2.24) is 16.0 Å². The highest BCUT2D eigenvalue weighted by atomic mass is 127. The number of aliphatic imine (C=N–C) groups is 1. The van der Waals surface area contributed by atoms with Gasteiger partial charge in [-0.3, -0.25) is 9.79 Å². The molecule has 1 saturated heterocycles. The van der Waals surface area contributed by atoms with Gasteiger partial charge in [0.2, 0.25) is 5.91 Å². The summed E-state index contributed by atoms with van der Waals surface area (Å²) in [4.78, 5) is 15.9. The Kier molecular flexibility index (Phi) is 12.4. The molecule has 0 aromatic heterocycles. The Morgan fingerprint density at radius 2 is 2.12 bits per heavy atom. The van der Waals surface area contributed by atoms with Crippen molar-refractivity contribution < 1.29 is 14.3 Å². The number of ether oxygens (including phenoxy) is 2. The van der Waals surface area contributed by atoms with Crippen LogP contribution in [0.2, 0.25) is 0 Å². The summed E-state index contributed by atoms with van der Waals surface area (Å²) in [7, 11) is 3.37. The number of rotatable bonds is 9. The quantitative estimate of drug-likeness (QED) is 0.210. The van der Waals surface area contributed by atoms with Crippen molar-refractivity contribution in [1.29, 1.82) is 0 Å². The average Bonchev–Trinajstić information content (AvgIpc) is 3.05. The van der Waals surface area contributed by atoms with E-state index >= 15 is 0 Å². The van der Waals surface area contributed by atoms with Crippen molar-refractivity contribution in [2.45, 2.75) is 39.2 Å². The number of hydrogen-bond acceptors (Lipinski definition) is 4. The maximum Gasteiger partial charge on any atom is 0.227 e. The van der Waals surface area contributed by atoms with Gasteiger partial charge in [0, 0.05) is 40.4 Å². The molecule has 0 radical (unpaired) electrons. The lowest BCUT2D eigenvalue weighted by atomic mass is 9.92. The van der Waals surface area contributed by atoms with Gasteiger partial charge in [0.25, 0.3) is 0 Å². The molecule has 0 bridgehead atoms. The molecule has 1 aliphatic rings. The minimum atomic E-state index is -0.489. The van der Waals surface area contributed by atoms with Crippen LogP contribution in [0, 0.1) is 5.41 Å². The zero-order chi connectivity index (χ0) is 17.1. The fourth-order valence-electron chi connectivity index (χ4n) is 2.32. The van der Waals surface area contributed by atoms with Crippen molar-refractivity contribution in [3.05, 3.63) is 0 Å². The third-order valence-electron chi connectivity index (χ3n) is 3.85. The van der Waals surface area contributed by atoms with Crippen LogP contribution >= 0.6 is 24.0 Å². The van der Waals surface area contributed by atoms with Gasteiger partial charge in [-0.25, -0.2) is 0 Å². The summed E-state index contributed by atoms with van der Waals surface area (Å²) < 4.78 is 11.1. The van der Waals surface area contributed by atoms with Crippen LogP contribution in [0.3, 0.4) is 0 Å². The van der Waals surface area contributed by atoms with Crippen LogP contribution in [0.1, 0.15) is 33.1 Å². The monoisotopic (exact) mass is 456 g/mol. The van der Waals surface area contributed by atoms with Crippen LogP contribution in [0.4, 0.5) is 0 Å². The summed E-state index contributed by atoms with van der Waals surface area (Å²) in [6.45, 7) is 7.33. The van der Waals surface area contributed by atoms with Gasteiger partial charge in [-0.2, -0.15) is 0 Å². The Labute approximate surface area is 162 Å². The maximum atomic E-state index is 11.7. The number of halogens is 1. The molecule has 142 valence electrons.